The number of anilines is 2. The molecule has 0 amide bonds. The molecule has 0 saturated carbocycles. The second kappa shape index (κ2) is 7.75. The Morgan fingerprint density at radius 1 is 1.25 bits per heavy atom. The molecule has 1 saturated heterocycles. The summed E-state index contributed by atoms with van der Waals surface area (Å²) in [6, 6.07) is 12.7. The minimum atomic E-state index is 0.0150. The zero-order chi connectivity index (χ0) is 16.8. The molecule has 0 spiro atoms. The monoisotopic (exact) mass is 323 g/mol. The molecule has 0 radical (unpaired) electrons. The fourth-order valence-corrected chi connectivity index (χ4v) is 3.10. The van der Waals surface area contributed by atoms with Crippen LogP contribution in [0.15, 0.2) is 36.5 Å². The van der Waals surface area contributed by atoms with Crippen LogP contribution in [0.4, 0.5) is 11.8 Å². The van der Waals surface area contributed by atoms with Gasteiger partial charge in [-0.3, -0.25) is 0 Å². The van der Waals surface area contributed by atoms with Crippen molar-refractivity contribution in [3.8, 4) is 6.07 Å². The quantitative estimate of drug-likeness (QED) is 0.877. The molecule has 0 bridgehead atoms. The van der Waals surface area contributed by atoms with Gasteiger partial charge in [-0.2, -0.15) is 10.2 Å². The Labute approximate surface area is 141 Å². The summed E-state index contributed by atoms with van der Waals surface area (Å²) in [5, 5.41) is 21.2. The summed E-state index contributed by atoms with van der Waals surface area (Å²) in [6.07, 6.45) is 3.63. The van der Waals surface area contributed by atoms with Crippen LogP contribution in [0.25, 0.3) is 0 Å². The molecule has 0 atom stereocenters. The number of piperidine rings is 1. The van der Waals surface area contributed by atoms with Crippen LogP contribution in [0.2, 0.25) is 0 Å². The van der Waals surface area contributed by atoms with Crippen molar-refractivity contribution in [2.24, 2.45) is 0 Å². The molecule has 0 aliphatic carbocycles. The lowest BCUT2D eigenvalue weighted by Gasteiger charge is -2.33. The Hall–Kier alpha value is -2.65. The fourth-order valence-electron chi connectivity index (χ4n) is 3.10. The van der Waals surface area contributed by atoms with E-state index in [2.05, 4.69) is 50.5 Å². The first-order valence-electron chi connectivity index (χ1n) is 8.23. The van der Waals surface area contributed by atoms with E-state index in [0.717, 1.165) is 25.9 Å². The first kappa shape index (κ1) is 16.2. The van der Waals surface area contributed by atoms with Crippen molar-refractivity contribution >= 4 is 11.8 Å². The van der Waals surface area contributed by atoms with Gasteiger partial charge in [-0.15, -0.1) is 0 Å². The molecule has 1 aliphatic heterocycles. The number of benzene rings is 1. The number of nitriles is 1. The highest BCUT2D eigenvalue weighted by Gasteiger charge is 2.23. The zero-order valence-electron chi connectivity index (χ0n) is 13.5. The van der Waals surface area contributed by atoms with Crippen LogP contribution in [0.3, 0.4) is 0 Å². The maximum Gasteiger partial charge on any atom is 0.224 e. The lowest BCUT2D eigenvalue weighted by Crippen LogP contribution is -2.34. The van der Waals surface area contributed by atoms with Gasteiger partial charge in [0.25, 0.3) is 0 Å². The van der Waals surface area contributed by atoms with E-state index in [1.165, 1.54) is 5.56 Å². The van der Waals surface area contributed by atoms with Crippen LogP contribution in [-0.4, -0.2) is 41.3 Å². The van der Waals surface area contributed by atoms with Gasteiger partial charge in [0.1, 0.15) is 11.6 Å². The summed E-state index contributed by atoms with van der Waals surface area (Å²) in [7, 11) is 0. The number of aliphatic hydroxyl groups excluding tert-OH is 1. The summed E-state index contributed by atoms with van der Waals surface area (Å²) in [4.78, 5) is 10.8. The van der Waals surface area contributed by atoms with Crippen LogP contribution in [0.5, 0.6) is 0 Å². The van der Waals surface area contributed by atoms with Crippen molar-refractivity contribution in [1.82, 2.24) is 9.97 Å². The lowest BCUT2D eigenvalue weighted by molar-refractivity contribution is 0.311. The third-order valence-corrected chi connectivity index (χ3v) is 4.35. The van der Waals surface area contributed by atoms with Crippen LogP contribution in [0, 0.1) is 11.3 Å². The van der Waals surface area contributed by atoms with Gasteiger partial charge in [0.05, 0.1) is 12.8 Å². The third kappa shape index (κ3) is 3.63. The summed E-state index contributed by atoms with van der Waals surface area (Å²) < 4.78 is 0. The van der Waals surface area contributed by atoms with Gasteiger partial charge in [0, 0.05) is 19.6 Å². The average molecular weight is 323 g/mol. The number of hydrogen-bond acceptors (Lipinski definition) is 6. The minimum Gasteiger partial charge on any atom is -0.395 e. The molecule has 2 aromatic rings. The van der Waals surface area contributed by atoms with Gasteiger partial charge in [-0.05, 0) is 24.3 Å². The van der Waals surface area contributed by atoms with Crippen molar-refractivity contribution in [1.29, 1.82) is 5.26 Å². The Morgan fingerprint density at radius 3 is 2.67 bits per heavy atom. The lowest BCUT2D eigenvalue weighted by atomic mass is 9.89. The average Bonchev–Trinajstić information content (AvgIpc) is 2.67. The summed E-state index contributed by atoms with van der Waals surface area (Å²) in [5.74, 6) is 1.68. The molecule has 0 unspecified atom stereocenters. The highest BCUT2D eigenvalue weighted by Crippen LogP contribution is 2.30. The van der Waals surface area contributed by atoms with Crippen molar-refractivity contribution in [3.63, 3.8) is 0 Å². The number of nitrogens with zero attached hydrogens (tertiary/aromatic N) is 4. The normalized spacial score (nSPS) is 15.1. The van der Waals surface area contributed by atoms with E-state index in [-0.39, 0.29) is 6.61 Å². The van der Waals surface area contributed by atoms with E-state index >= 15 is 0 Å². The Bertz CT molecular complexity index is 705. The molecule has 1 fully saturated rings. The van der Waals surface area contributed by atoms with Gasteiger partial charge >= 0.3 is 0 Å². The molecule has 3 rings (SSSR count). The molecule has 6 heteroatoms. The maximum absolute atomic E-state index is 9.33. The van der Waals surface area contributed by atoms with Crippen molar-refractivity contribution in [2.45, 2.75) is 18.8 Å². The molecule has 6 nitrogen and oxygen atoms in total. The number of rotatable bonds is 5. The first-order valence-corrected chi connectivity index (χ1v) is 8.23. The fraction of sp³-hybridized carbons (Fsp3) is 0.389. The standard InChI is InChI=1S/C18H21N5O/c19-12-16-13-21-18(20-8-11-24)22-17(16)23-9-6-15(7-10-23)14-4-2-1-3-5-14/h1-5,13,15,24H,6-11H2,(H,20,21,22). The van der Waals surface area contributed by atoms with E-state index in [1.54, 1.807) is 6.20 Å². The molecule has 2 heterocycles. The highest BCUT2D eigenvalue weighted by atomic mass is 16.3. The van der Waals surface area contributed by atoms with Crippen molar-refractivity contribution in [3.05, 3.63) is 47.7 Å². The SMILES string of the molecule is N#Cc1cnc(NCCO)nc1N1CCC(c2ccccc2)CC1. The molecule has 124 valence electrons. The predicted octanol–water partition coefficient (Wildman–Crippen LogP) is 2.14. The molecule has 2 N–H and O–H groups in total. The van der Waals surface area contributed by atoms with Crippen molar-refractivity contribution in [2.75, 3.05) is 36.5 Å². The molecule has 1 aromatic heterocycles. The van der Waals surface area contributed by atoms with Gasteiger partial charge in [0.15, 0.2) is 5.82 Å². The van der Waals surface area contributed by atoms with E-state index in [4.69, 9.17) is 5.11 Å². The van der Waals surface area contributed by atoms with Crippen LogP contribution in [0.1, 0.15) is 29.9 Å². The zero-order valence-corrected chi connectivity index (χ0v) is 13.5. The molecular weight excluding hydrogens is 302 g/mol. The Morgan fingerprint density at radius 2 is 2.00 bits per heavy atom. The van der Waals surface area contributed by atoms with Crippen LogP contribution >= 0.6 is 0 Å². The largest absolute Gasteiger partial charge is 0.395 e. The predicted molar refractivity (Wildman–Crippen MR) is 93.0 cm³/mol. The minimum absolute atomic E-state index is 0.0150. The van der Waals surface area contributed by atoms with E-state index < -0.39 is 0 Å². The van der Waals surface area contributed by atoms with E-state index in [0.29, 0.717) is 29.8 Å². The van der Waals surface area contributed by atoms with E-state index in [9.17, 15) is 5.26 Å². The van der Waals surface area contributed by atoms with Gasteiger partial charge in [0.2, 0.25) is 5.95 Å². The number of aromatic nitrogens is 2. The third-order valence-electron chi connectivity index (χ3n) is 4.35. The highest BCUT2D eigenvalue weighted by molar-refractivity contribution is 5.55. The van der Waals surface area contributed by atoms with Gasteiger partial charge < -0.3 is 15.3 Å². The second-order valence-electron chi connectivity index (χ2n) is 5.87. The molecule has 24 heavy (non-hydrogen) atoms. The molecule has 1 aliphatic rings. The maximum atomic E-state index is 9.33. The molecular formula is C18H21N5O. The first-order chi connectivity index (χ1) is 11.8. The number of hydrogen-bond donors (Lipinski definition) is 2. The smallest absolute Gasteiger partial charge is 0.224 e. The van der Waals surface area contributed by atoms with Gasteiger partial charge in [-0.1, -0.05) is 30.3 Å². The van der Waals surface area contributed by atoms with E-state index in [1.807, 2.05) is 6.07 Å². The second-order valence-corrected chi connectivity index (χ2v) is 5.87. The summed E-state index contributed by atoms with van der Waals surface area (Å²) >= 11 is 0. The van der Waals surface area contributed by atoms with Crippen LogP contribution < -0.4 is 10.2 Å². The molecule has 1 aromatic carbocycles. The summed E-state index contributed by atoms with van der Waals surface area (Å²) in [6.45, 7) is 2.14. The van der Waals surface area contributed by atoms with Crippen molar-refractivity contribution < 1.29 is 5.11 Å². The van der Waals surface area contributed by atoms with Crippen LogP contribution in [-0.2, 0) is 0 Å². The Kier molecular flexibility index (Phi) is 5.24. The summed E-state index contributed by atoms with van der Waals surface area (Å²) in [5.41, 5.74) is 1.87. The number of aliphatic hydroxyl groups is 1. The topological polar surface area (TPSA) is 85.1 Å². The Balaban J connectivity index is 1.72. The number of nitrogens with one attached hydrogen (secondary N) is 1. The van der Waals surface area contributed by atoms with Gasteiger partial charge in [-0.25, -0.2) is 4.98 Å².